The van der Waals surface area contributed by atoms with Gasteiger partial charge in [0, 0.05) is 0 Å². The van der Waals surface area contributed by atoms with Crippen LogP contribution in [0, 0.1) is 13.8 Å². The average molecular weight is 363 g/mol. The van der Waals surface area contributed by atoms with Crippen LogP contribution < -0.4 is 5.32 Å². The minimum absolute atomic E-state index is 0.138. The molecule has 5 nitrogen and oxygen atoms in total. The Morgan fingerprint density at radius 1 is 1.07 bits per heavy atom. The number of carbonyl (C=O) groups is 1. The third kappa shape index (κ3) is 5.03. The highest BCUT2D eigenvalue weighted by Crippen LogP contribution is 2.17. The van der Waals surface area contributed by atoms with Crippen molar-refractivity contribution in [3.8, 4) is 0 Å². The predicted octanol–water partition coefficient (Wildman–Crippen LogP) is 4.58. The molecular formula is C22H25N3O2. The van der Waals surface area contributed by atoms with Crippen molar-refractivity contribution in [2.24, 2.45) is 0 Å². The van der Waals surface area contributed by atoms with E-state index in [-0.39, 0.29) is 18.3 Å². The summed E-state index contributed by atoms with van der Waals surface area (Å²) in [4.78, 5) is 12.2. The lowest BCUT2D eigenvalue weighted by atomic mass is 10.0. The number of aromatic nitrogens is 2. The summed E-state index contributed by atoms with van der Waals surface area (Å²) in [5.41, 5.74) is 5.74. The van der Waals surface area contributed by atoms with Crippen molar-refractivity contribution >= 4 is 11.9 Å². The van der Waals surface area contributed by atoms with Crippen LogP contribution in [0.15, 0.2) is 46.9 Å². The number of carbonyl (C=O) groups excluding carboxylic acids is 1. The zero-order chi connectivity index (χ0) is 19.4. The number of anilines is 1. The molecule has 5 heteroatoms. The maximum absolute atomic E-state index is 12.2. The molecule has 3 aromatic rings. The highest BCUT2D eigenvalue weighted by Gasteiger charge is 2.12. The van der Waals surface area contributed by atoms with Gasteiger partial charge in [-0.3, -0.25) is 10.1 Å². The molecule has 0 spiro atoms. The summed E-state index contributed by atoms with van der Waals surface area (Å²) in [6.45, 7) is 8.42. The summed E-state index contributed by atoms with van der Waals surface area (Å²) in [6.07, 6.45) is 0.818. The summed E-state index contributed by atoms with van der Waals surface area (Å²) in [7, 11) is 0. The van der Waals surface area contributed by atoms with Crippen molar-refractivity contribution in [3.05, 3.63) is 76.2 Å². The molecule has 140 valence electrons. The Hall–Kier alpha value is -2.95. The van der Waals surface area contributed by atoms with Crippen molar-refractivity contribution < 1.29 is 9.21 Å². The van der Waals surface area contributed by atoms with E-state index in [2.05, 4.69) is 73.5 Å². The Kier molecular flexibility index (Phi) is 5.69. The van der Waals surface area contributed by atoms with E-state index in [1.54, 1.807) is 0 Å². The molecular weight excluding hydrogens is 338 g/mol. The Labute approximate surface area is 159 Å². The van der Waals surface area contributed by atoms with Crippen LogP contribution in [-0.2, 0) is 17.6 Å². The smallest absolute Gasteiger partial charge is 0.322 e. The van der Waals surface area contributed by atoms with Gasteiger partial charge in [-0.15, -0.1) is 5.10 Å². The molecule has 0 saturated heterocycles. The third-order valence-electron chi connectivity index (χ3n) is 4.56. The number of hydrogen-bond acceptors (Lipinski definition) is 4. The minimum Gasteiger partial charge on any atom is -0.407 e. The fourth-order valence-corrected chi connectivity index (χ4v) is 2.95. The van der Waals surface area contributed by atoms with E-state index in [0.29, 0.717) is 18.2 Å². The summed E-state index contributed by atoms with van der Waals surface area (Å²) >= 11 is 0. The predicted molar refractivity (Wildman–Crippen MR) is 106 cm³/mol. The molecule has 0 fully saturated rings. The SMILES string of the molecule is Cc1ccc(Cc2nnc(NC(=O)Cc3ccc(C(C)C)cc3)o2)c(C)c1. The molecule has 0 aliphatic carbocycles. The quantitative estimate of drug-likeness (QED) is 0.696. The van der Waals surface area contributed by atoms with E-state index in [4.69, 9.17) is 4.42 Å². The van der Waals surface area contributed by atoms with E-state index in [1.165, 1.54) is 16.7 Å². The van der Waals surface area contributed by atoms with Crippen LogP contribution in [0.2, 0.25) is 0 Å². The van der Waals surface area contributed by atoms with Crippen LogP contribution in [0.25, 0.3) is 0 Å². The largest absolute Gasteiger partial charge is 0.407 e. The molecule has 1 N–H and O–H groups in total. The third-order valence-corrected chi connectivity index (χ3v) is 4.56. The first-order chi connectivity index (χ1) is 12.9. The maximum atomic E-state index is 12.2. The van der Waals surface area contributed by atoms with Gasteiger partial charge in [0.2, 0.25) is 11.8 Å². The van der Waals surface area contributed by atoms with Gasteiger partial charge in [0.05, 0.1) is 12.8 Å². The molecule has 1 heterocycles. The normalized spacial score (nSPS) is 11.0. The molecule has 0 aliphatic rings. The van der Waals surface area contributed by atoms with Gasteiger partial charge in [-0.2, -0.15) is 0 Å². The van der Waals surface area contributed by atoms with Gasteiger partial charge in [0.25, 0.3) is 0 Å². The first kappa shape index (κ1) is 18.8. The highest BCUT2D eigenvalue weighted by molar-refractivity contribution is 5.90. The summed E-state index contributed by atoms with van der Waals surface area (Å²) in [5.74, 6) is 0.786. The molecule has 3 rings (SSSR count). The van der Waals surface area contributed by atoms with Gasteiger partial charge >= 0.3 is 6.01 Å². The van der Waals surface area contributed by atoms with Gasteiger partial charge in [0.15, 0.2) is 0 Å². The van der Waals surface area contributed by atoms with Crippen LogP contribution in [0.3, 0.4) is 0 Å². The lowest BCUT2D eigenvalue weighted by molar-refractivity contribution is -0.115. The van der Waals surface area contributed by atoms with Crippen LogP contribution in [0.5, 0.6) is 0 Å². The first-order valence-corrected chi connectivity index (χ1v) is 9.18. The summed E-state index contributed by atoms with van der Waals surface area (Å²) in [5, 5.41) is 10.6. The average Bonchev–Trinajstić information content (AvgIpc) is 3.04. The van der Waals surface area contributed by atoms with Crippen molar-refractivity contribution in [1.82, 2.24) is 10.2 Å². The lowest BCUT2D eigenvalue weighted by Gasteiger charge is -2.06. The molecule has 27 heavy (non-hydrogen) atoms. The van der Waals surface area contributed by atoms with Gasteiger partial charge < -0.3 is 4.42 Å². The maximum Gasteiger partial charge on any atom is 0.322 e. The minimum atomic E-state index is -0.172. The topological polar surface area (TPSA) is 68.0 Å². The van der Waals surface area contributed by atoms with E-state index in [9.17, 15) is 4.79 Å². The number of hydrogen-bond donors (Lipinski definition) is 1. The molecule has 0 bridgehead atoms. The number of nitrogens with one attached hydrogen (secondary N) is 1. The highest BCUT2D eigenvalue weighted by atomic mass is 16.4. The fourth-order valence-electron chi connectivity index (χ4n) is 2.95. The number of benzene rings is 2. The molecule has 0 aliphatic heterocycles. The fraction of sp³-hybridized carbons (Fsp3) is 0.318. The van der Waals surface area contributed by atoms with Gasteiger partial charge in [0.1, 0.15) is 0 Å². The number of amides is 1. The van der Waals surface area contributed by atoms with E-state index < -0.39 is 0 Å². The molecule has 0 unspecified atom stereocenters. The first-order valence-electron chi connectivity index (χ1n) is 9.18. The molecule has 0 atom stereocenters. The molecule has 0 radical (unpaired) electrons. The second kappa shape index (κ2) is 8.16. The zero-order valence-corrected chi connectivity index (χ0v) is 16.2. The van der Waals surface area contributed by atoms with Crippen molar-refractivity contribution in [1.29, 1.82) is 0 Å². The Balaban J connectivity index is 1.59. The lowest BCUT2D eigenvalue weighted by Crippen LogP contribution is -2.14. The number of aryl methyl sites for hydroxylation is 2. The van der Waals surface area contributed by atoms with Crippen LogP contribution in [0.4, 0.5) is 6.01 Å². The van der Waals surface area contributed by atoms with E-state index >= 15 is 0 Å². The van der Waals surface area contributed by atoms with E-state index in [0.717, 1.165) is 11.1 Å². The van der Waals surface area contributed by atoms with Crippen molar-refractivity contribution in [2.75, 3.05) is 5.32 Å². The summed E-state index contributed by atoms with van der Waals surface area (Å²) < 4.78 is 5.58. The Morgan fingerprint density at radius 2 is 1.81 bits per heavy atom. The molecule has 1 amide bonds. The molecule has 1 aromatic heterocycles. The molecule has 0 saturated carbocycles. The summed E-state index contributed by atoms with van der Waals surface area (Å²) in [6, 6.07) is 14.5. The zero-order valence-electron chi connectivity index (χ0n) is 16.2. The van der Waals surface area contributed by atoms with Crippen LogP contribution in [-0.4, -0.2) is 16.1 Å². The van der Waals surface area contributed by atoms with E-state index in [1.807, 2.05) is 12.1 Å². The molecule has 2 aromatic carbocycles. The van der Waals surface area contributed by atoms with Crippen molar-refractivity contribution in [3.63, 3.8) is 0 Å². The standard InChI is InChI=1S/C22H25N3O2/c1-14(2)18-9-6-17(7-10-18)12-20(26)23-22-25-24-21(27-22)13-19-8-5-15(3)11-16(19)4/h5-11,14H,12-13H2,1-4H3,(H,23,25,26). The number of rotatable bonds is 6. The van der Waals surface area contributed by atoms with Crippen molar-refractivity contribution in [2.45, 2.75) is 46.5 Å². The van der Waals surface area contributed by atoms with Gasteiger partial charge in [-0.1, -0.05) is 67.0 Å². The Bertz CT molecular complexity index is 927. The second-order valence-corrected chi connectivity index (χ2v) is 7.23. The monoisotopic (exact) mass is 363 g/mol. The van der Waals surface area contributed by atoms with Crippen LogP contribution in [0.1, 0.15) is 53.5 Å². The number of nitrogens with zero attached hydrogens (tertiary/aromatic N) is 2. The second-order valence-electron chi connectivity index (χ2n) is 7.23. The van der Waals surface area contributed by atoms with Gasteiger partial charge in [-0.25, -0.2) is 0 Å². The van der Waals surface area contributed by atoms with Gasteiger partial charge in [-0.05, 0) is 42.0 Å². The van der Waals surface area contributed by atoms with Crippen LogP contribution >= 0.6 is 0 Å². The Morgan fingerprint density at radius 3 is 2.48 bits per heavy atom.